The Morgan fingerprint density at radius 1 is 0.966 bits per heavy atom. The third-order valence-electron chi connectivity index (χ3n) is 4.42. The number of aldehydes is 1. The van der Waals surface area contributed by atoms with Gasteiger partial charge in [0.25, 0.3) is 0 Å². The molecule has 0 saturated heterocycles. The molecule has 0 spiro atoms. The number of ether oxygens (including phenoxy) is 2. The average molecular weight is 432 g/mol. The lowest BCUT2D eigenvalue weighted by Gasteiger charge is -2.19. The van der Waals surface area contributed by atoms with Gasteiger partial charge in [-0.1, -0.05) is 25.7 Å². The van der Waals surface area contributed by atoms with Crippen LogP contribution in [0.5, 0.6) is 0 Å². The molecule has 170 valence electrons. The fourth-order valence-corrected chi connectivity index (χ4v) is 4.00. The molecule has 0 aliphatic rings. The van der Waals surface area contributed by atoms with Crippen LogP contribution in [0.15, 0.2) is 0 Å². The maximum absolute atomic E-state index is 12.4. The van der Waals surface area contributed by atoms with Crippen LogP contribution in [0, 0.1) is 5.92 Å². The first-order valence-electron chi connectivity index (χ1n) is 11.0. The summed E-state index contributed by atoms with van der Waals surface area (Å²) in [5, 5.41) is 0. The SMILES string of the molecule is CCOC(=O)CCCCCCSCC(CN(C)C)C(=O)OCCCCCCC=O. The summed E-state index contributed by atoms with van der Waals surface area (Å²) < 4.78 is 10.4. The number of hydrogen-bond acceptors (Lipinski definition) is 7. The molecule has 0 aromatic carbocycles. The van der Waals surface area contributed by atoms with Crippen molar-refractivity contribution < 1.29 is 23.9 Å². The molecule has 0 aliphatic heterocycles. The Morgan fingerprint density at radius 2 is 1.66 bits per heavy atom. The van der Waals surface area contributed by atoms with E-state index >= 15 is 0 Å². The molecule has 0 fully saturated rings. The molecule has 0 saturated carbocycles. The van der Waals surface area contributed by atoms with E-state index in [2.05, 4.69) is 0 Å². The number of esters is 2. The van der Waals surface area contributed by atoms with E-state index in [0.717, 1.165) is 69.2 Å². The Balaban J connectivity index is 3.85. The molecule has 1 atom stereocenters. The molecule has 6 nitrogen and oxygen atoms in total. The Labute approximate surface area is 181 Å². The van der Waals surface area contributed by atoms with Crippen molar-refractivity contribution >= 4 is 30.0 Å². The van der Waals surface area contributed by atoms with Crippen molar-refractivity contribution in [1.82, 2.24) is 4.90 Å². The van der Waals surface area contributed by atoms with Crippen LogP contribution in [0.3, 0.4) is 0 Å². The normalized spacial score (nSPS) is 12.0. The van der Waals surface area contributed by atoms with E-state index in [4.69, 9.17) is 9.47 Å². The van der Waals surface area contributed by atoms with Crippen LogP contribution in [0.2, 0.25) is 0 Å². The molecule has 0 aromatic heterocycles. The standard InChI is InChI=1S/C22H41NO5S/c1-4-27-21(25)14-10-6-9-13-17-29-19-20(18-23(2)3)22(26)28-16-12-8-5-7-11-15-24/h15,20H,4-14,16-19H2,1-3H3. The summed E-state index contributed by atoms with van der Waals surface area (Å²) in [6.45, 7) is 3.44. The second-order valence-electron chi connectivity index (χ2n) is 7.54. The second-order valence-corrected chi connectivity index (χ2v) is 8.69. The molecule has 7 heteroatoms. The largest absolute Gasteiger partial charge is 0.466 e. The summed E-state index contributed by atoms with van der Waals surface area (Å²) in [6.07, 6.45) is 9.96. The van der Waals surface area contributed by atoms with Crippen LogP contribution in [0.1, 0.15) is 71.1 Å². The summed E-state index contributed by atoms with van der Waals surface area (Å²) in [4.78, 5) is 36.0. The van der Waals surface area contributed by atoms with E-state index in [1.807, 2.05) is 25.9 Å². The van der Waals surface area contributed by atoms with Crippen molar-refractivity contribution in [3.8, 4) is 0 Å². The lowest BCUT2D eigenvalue weighted by atomic mass is 10.1. The maximum Gasteiger partial charge on any atom is 0.311 e. The van der Waals surface area contributed by atoms with Gasteiger partial charge in [-0.2, -0.15) is 11.8 Å². The van der Waals surface area contributed by atoms with Gasteiger partial charge in [-0.25, -0.2) is 0 Å². The fraction of sp³-hybridized carbons (Fsp3) is 0.864. The number of thioether (sulfide) groups is 1. The number of unbranched alkanes of at least 4 members (excludes halogenated alkanes) is 7. The Morgan fingerprint density at radius 3 is 2.34 bits per heavy atom. The zero-order valence-electron chi connectivity index (χ0n) is 18.7. The van der Waals surface area contributed by atoms with Crippen molar-refractivity contribution in [1.29, 1.82) is 0 Å². The number of rotatable bonds is 20. The van der Waals surface area contributed by atoms with Crippen LogP contribution in [-0.4, -0.2) is 68.5 Å². The second kappa shape index (κ2) is 20.2. The zero-order chi connectivity index (χ0) is 21.7. The van der Waals surface area contributed by atoms with Gasteiger partial charge < -0.3 is 19.2 Å². The minimum Gasteiger partial charge on any atom is -0.466 e. The Hall–Kier alpha value is -1.08. The molecule has 0 amide bonds. The molecule has 0 aliphatic carbocycles. The molecular weight excluding hydrogens is 390 g/mol. The summed E-state index contributed by atoms with van der Waals surface area (Å²) in [7, 11) is 3.95. The van der Waals surface area contributed by atoms with Crippen LogP contribution in [0.4, 0.5) is 0 Å². The van der Waals surface area contributed by atoms with Crippen molar-refractivity contribution in [3.05, 3.63) is 0 Å². The average Bonchev–Trinajstić information content (AvgIpc) is 2.68. The highest BCUT2D eigenvalue weighted by Gasteiger charge is 2.20. The number of hydrogen-bond donors (Lipinski definition) is 0. The summed E-state index contributed by atoms with van der Waals surface area (Å²) in [5.74, 6) is 1.49. The Kier molecular flexibility index (Phi) is 19.5. The number of carbonyl (C=O) groups is 3. The first-order chi connectivity index (χ1) is 14.0. The molecule has 0 aromatic rings. The number of nitrogens with zero attached hydrogens (tertiary/aromatic N) is 1. The monoisotopic (exact) mass is 431 g/mol. The fourth-order valence-electron chi connectivity index (χ4n) is 2.90. The van der Waals surface area contributed by atoms with Gasteiger partial charge >= 0.3 is 11.9 Å². The van der Waals surface area contributed by atoms with Crippen LogP contribution >= 0.6 is 11.8 Å². The summed E-state index contributed by atoms with van der Waals surface area (Å²) >= 11 is 1.80. The first-order valence-corrected chi connectivity index (χ1v) is 12.1. The topological polar surface area (TPSA) is 72.9 Å². The van der Waals surface area contributed by atoms with Gasteiger partial charge in [-0.3, -0.25) is 9.59 Å². The van der Waals surface area contributed by atoms with Gasteiger partial charge in [0.2, 0.25) is 0 Å². The van der Waals surface area contributed by atoms with Gasteiger partial charge in [0.15, 0.2) is 0 Å². The van der Waals surface area contributed by atoms with Crippen LogP contribution in [0.25, 0.3) is 0 Å². The van der Waals surface area contributed by atoms with Crippen molar-refractivity contribution in [2.24, 2.45) is 5.92 Å². The highest BCUT2D eigenvalue weighted by atomic mass is 32.2. The molecule has 1 unspecified atom stereocenters. The Bertz CT molecular complexity index is 431. The van der Waals surface area contributed by atoms with Crippen molar-refractivity contribution in [3.63, 3.8) is 0 Å². The van der Waals surface area contributed by atoms with Gasteiger partial charge in [-0.15, -0.1) is 0 Å². The van der Waals surface area contributed by atoms with Crippen LogP contribution in [-0.2, 0) is 23.9 Å². The first kappa shape index (κ1) is 27.9. The minimum atomic E-state index is -0.104. The molecule has 0 N–H and O–H groups in total. The molecule has 0 heterocycles. The van der Waals surface area contributed by atoms with E-state index in [0.29, 0.717) is 32.6 Å². The highest BCUT2D eigenvalue weighted by molar-refractivity contribution is 7.99. The quantitative estimate of drug-likeness (QED) is 0.163. The predicted octanol–water partition coefficient (Wildman–Crippen LogP) is 4.10. The third kappa shape index (κ3) is 18.7. The van der Waals surface area contributed by atoms with Crippen molar-refractivity contribution in [2.75, 3.05) is 45.4 Å². The van der Waals surface area contributed by atoms with E-state index in [1.54, 1.807) is 11.8 Å². The zero-order valence-corrected chi connectivity index (χ0v) is 19.5. The molecule has 0 rings (SSSR count). The molecule has 0 bridgehead atoms. The minimum absolute atomic E-state index is 0.103. The van der Waals surface area contributed by atoms with E-state index in [9.17, 15) is 14.4 Å². The summed E-state index contributed by atoms with van der Waals surface area (Å²) in [6, 6.07) is 0. The maximum atomic E-state index is 12.4. The van der Waals surface area contributed by atoms with Crippen LogP contribution < -0.4 is 0 Å². The molecule has 29 heavy (non-hydrogen) atoms. The third-order valence-corrected chi connectivity index (χ3v) is 5.64. The van der Waals surface area contributed by atoms with E-state index in [1.165, 1.54) is 0 Å². The van der Waals surface area contributed by atoms with Gasteiger partial charge in [0.05, 0.1) is 19.1 Å². The van der Waals surface area contributed by atoms with Gasteiger partial charge in [0.1, 0.15) is 6.29 Å². The number of carbonyl (C=O) groups excluding carboxylic acids is 3. The lowest BCUT2D eigenvalue weighted by Crippen LogP contribution is -2.31. The van der Waals surface area contributed by atoms with E-state index < -0.39 is 0 Å². The highest BCUT2D eigenvalue weighted by Crippen LogP contribution is 2.15. The summed E-state index contributed by atoms with van der Waals surface area (Å²) in [5.41, 5.74) is 0. The van der Waals surface area contributed by atoms with E-state index in [-0.39, 0.29) is 17.9 Å². The smallest absolute Gasteiger partial charge is 0.311 e. The molecule has 0 radical (unpaired) electrons. The van der Waals surface area contributed by atoms with Gasteiger partial charge in [-0.05, 0) is 52.5 Å². The molecular formula is C22H41NO5S. The predicted molar refractivity (Wildman–Crippen MR) is 119 cm³/mol. The lowest BCUT2D eigenvalue weighted by molar-refractivity contribution is -0.148. The van der Waals surface area contributed by atoms with Gasteiger partial charge in [0, 0.05) is 25.1 Å². The van der Waals surface area contributed by atoms with Crippen molar-refractivity contribution in [2.45, 2.75) is 71.1 Å².